The highest BCUT2D eigenvalue weighted by molar-refractivity contribution is 14.1. The molecule has 0 fully saturated rings. The molecule has 5 nitrogen and oxygen atoms in total. The Bertz CT molecular complexity index is 574. The topological polar surface area (TPSA) is 62.3 Å². The van der Waals surface area contributed by atoms with Crippen molar-refractivity contribution in [3.8, 4) is 11.5 Å². The first-order valence-corrected chi connectivity index (χ1v) is 6.83. The van der Waals surface area contributed by atoms with E-state index in [0.717, 1.165) is 26.3 Å². The number of rotatable bonds is 4. The molecule has 0 bridgehead atoms. The van der Waals surface area contributed by atoms with E-state index in [1.807, 2.05) is 25.1 Å². The molecule has 2 rings (SSSR count). The van der Waals surface area contributed by atoms with Crippen LogP contribution in [0.1, 0.15) is 11.3 Å². The SMILES string of the molecule is COc1cc(Cn2nc(C)c(I)c2N)cc(OC)c1. The van der Waals surface area contributed by atoms with E-state index in [9.17, 15) is 0 Å². The van der Waals surface area contributed by atoms with Crippen molar-refractivity contribution < 1.29 is 9.47 Å². The van der Waals surface area contributed by atoms with Gasteiger partial charge in [0.2, 0.25) is 0 Å². The van der Waals surface area contributed by atoms with Crippen molar-refractivity contribution in [1.29, 1.82) is 0 Å². The van der Waals surface area contributed by atoms with Crippen LogP contribution < -0.4 is 15.2 Å². The molecule has 0 unspecified atom stereocenters. The second-order valence-corrected chi connectivity index (χ2v) is 5.24. The van der Waals surface area contributed by atoms with Gasteiger partial charge in [0, 0.05) is 6.07 Å². The van der Waals surface area contributed by atoms with Crippen LogP contribution in [-0.4, -0.2) is 24.0 Å². The quantitative estimate of drug-likeness (QED) is 0.837. The average molecular weight is 373 g/mol. The molecule has 0 atom stereocenters. The van der Waals surface area contributed by atoms with Crippen LogP contribution in [0, 0.1) is 10.5 Å². The molecule has 1 aromatic carbocycles. The Morgan fingerprint density at radius 2 is 1.79 bits per heavy atom. The Morgan fingerprint density at radius 1 is 1.21 bits per heavy atom. The first-order chi connectivity index (χ1) is 9.05. The predicted octanol–water partition coefficient (Wildman–Crippen LogP) is 2.44. The van der Waals surface area contributed by atoms with E-state index in [4.69, 9.17) is 15.2 Å². The Hall–Kier alpha value is -1.44. The maximum atomic E-state index is 6.02. The van der Waals surface area contributed by atoms with Crippen LogP contribution in [0.25, 0.3) is 0 Å². The molecule has 0 saturated carbocycles. The zero-order valence-corrected chi connectivity index (χ0v) is 13.3. The molecule has 2 N–H and O–H groups in total. The Morgan fingerprint density at radius 3 is 2.21 bits per heavy atom. The van der Waals surface area contributed by atoms with Crippen LogP contribution in [0.5, 0.6) is 11.5 Å². The smallest absolute Gasteiger partial charge is 0.135 e. The zero-order valence-electron chi connectivity index (χ0n) is 11.1. The second-order valence-electron chi connectivity index (χ2n) is 4.16. The largest absolute Gasteiger partial charge is 0.497 e. The van der Waals surface area contributed by atoms with Crippen LogP contribution in [0.15, 0.2) is 18.2 Å². The summed E-state index contributed by atoms with van der Waals surface area (Å²) in [4.78, 5) is 0. The van der Waals surface area contributed by atoms with Crippen LogP contribution in [-0.2, 0) is 6.54 Å². The summed E-state index contributed by atoms with van der Waals surface area (Å²) in [5.41, 5.74) is 7.99. The maximum absolute atomic E-state index is 6.02. The van der Waals surface area contributed by atoms with E-state index in [1.54, 1.807) is 18.9 Å². The summed E-state index contributed by atoms with van der Waals surface area (Å²) >= 11 is 2.20. The lowest BCUT2D eigenvalue weighted by Crippen LogP contribution is -2.06. The maximum Gasteiger partial charge on any atom is 0.135 e. The van der Waals surface area contributed by atoms with Gasteiger partial charge in [-0.25, -0.2) is 4.68 Å². The van der Waals surface area contributed by atoms with Gasteiger partial charge in [0.15, 0.2) is 0 Å². The molecule has 6 heteroatoms. The summed E-state index contributed by atoms with van der Waals surface area (Å²) in [6.07, 6.45) is 0. The third kappa shape index (κ3) is 2.94. The number of hydrogen-bond acceptors (Lipinski definition) is 4. The number of hydrogen-bond donors (Lipinski definition) is 1. The number of anilines is 1. The van der Waals surface area contributed by atoms with E-state index in [1.165, 1.54) is 0 Å². The molecular weight excluding hydrogens is 357 g/mol. The minimum atomic E-state index is 0.587. The lowest BCUT2D eigenvalue weighted by atomic mass is 10.2. The van der Waals surface area contributed by atoms with Gasteiger partial charge >= 0.3 is 0 Å². The highest BCUT2D eigenvalue weighted by Crippen LogP contribution is 2.25. The Kier molecular flexibility index (Phi) is 4.18. The molecule has 0 radical (unpaired) electrons. The minimum absolute atomic E-state index is 0.587. The van der Waals surface area contributed by atoms with Gasteiger partial charge in [0.05, 0.1) is 30.0 Å². The zero-order chi connectivity index (χ0) is 14.0. The van der Waals surface area contributed by atoms with E-state index in [2.05, 4.69) is 27.7 Å². The van der Waals surface area contributed by atoms with Gasteiger partial charge < -0.3 is 15.2 Å². The summed E-state index contributed by atoms with van der Waals surface area (Å²) in [7, 11) is 3.27. The molecule has 2 aromatic rings. The highest BCUT2D eigenvalue weighted by atomic mass is 127. The number of nitrogens with two attached hydrogens (primary N) is 1. The van der Waals surface area contributed by atoms with Crippen LogP contribution >= 0.6 is 22.6 Å². The summed E-state index contributed by atoms with van der Waals surface area (Å²) in [5, 5.41) is 4.42. The number of aryl methyl sites for hydroxylation is 1. The van der Waals surface area contributed by atoms with Crippen molar-refractivity contribution in [2.75, 3.05) is 20.0 Å². The van der Waals surface area contributed by atoms with Gasteiger partial charge in [-0.1, -0.05) is 0 Å². The monoisotopic (exact) mass is 373 g/mol. The van der Waals surface area contributed by atoms with Gasteiger partial charge in [-0.05, 0) is 47.2 Å². The molecule has 0 amide bonds. The Balaban J connectivity index is 2.34. The van der Waals surface area contributed by atoms with E-state index in [-0.39, 0.29) is 0 Å². The van der Waals surface area contributed by atoms with Crippen molar-refractivity contribution in [3.63, 3.8) is 0 Å². The third-order valence-corrected chi connectivity index (χ3v) is 4.17. The second kappa shape index (κ2) is 5.68. The standard InChI is InChI=1S/C13H16IN3O2/c1-8-12(14)13(15)17(16-8)7-9-4-10(18-2)6-11(5-9)19-3/h4-6H,7,15H2,1-3H3. The molecule has 102 valence electrons. The number of nitrogen functional groups attached to an aromatic ring is 1. The number of halogens is 1. The highest BCUT2D eigenvalue weighted by Gasteiger charge is 2.11. The molecule has 0 spiro atoms. The first kappa shape index (κ1) is 14.0. The summed E-state index contributed by atoms with van der Waals surface area (Å²) in [6, 6.07) is 5.74. The fraction of sp³-hybridized carbons (Fsp3) is 0.308. The fourth-order valence-corrected chi connectivity index (χ4v) is 2.21. The number of ether oxygens (including phenoxy) is 2. The van der Waals surface area contributed by atoms with Crippen LogP contribution in [0.3, 0.4) is 0 Å². The Labute approximate surface area is 125 Å². The fourth-order valence-electron chi connectivity index (χ4n) is 1.83. The summed E-state index contributed by atoms with van der Waals surface area (Å²) < 4.78 is 13.3. The molecule has 1 heterocycles. The lowest BCUT2D eigenvalue weighted by Gasteiger charge is -2.09. The predicted molar refractivity (Wildman–Crippen MR) is 82.7 cm³/mol. The normalized spacial score (nSPS) is 10.5. The van der Waals surface area contributed by atoms with Gasteiger partial charge in [-0.15, -0.1) is 0 Å². The van der Waals surface area contributed by atoms with E-state index < -0.39 is 0 Å². The van der Waals surface area contributed by atoms with Gasteiger partial charge in [-0.2, -0.15) is 5.10 Å². The summed E-state index contributed by atoms with van der Waals surface area (Å²) in [5.74, 6) is 2.19. The molecular formula is C13H16IN3O2. The van der Waals surface area contributed by atoms with Crippen molar-refractivity contribution in [3.05, 3.63) is 33.0 Å². The molecule has 0 aliphatic rings. The van der Waals surface area contributed by atoms with Gasteiger partial charge in [-0.3, -0.25) is 0 Å². The average Bonchev–Trinajstić information content (AvgIpc) is 2.65. The summed E-state index contributed by atoms with van der Waals surface area (Å²) in [6.45, 7) is 2.53. The molecule has 0 aliphatic heterocycles. The third-order valence-electron chi connectivity index (χ3n) is 2.83. The van der Waals surface area contributed by atoms with E-state index in [0.29, 0.717) is 12.4 Å². The number of nitrogens with zero attached hydrogens (tertiary/aromatic N) is 2. The molecule has 0 saturated heterocycles. The van der Waals surface area contributed by atoms with Gasteiger partial charge in [0.25, 0.3) is 0 Å². The lowest BCUT2D eigenvalue weighted by molar-refractivity contribution is 0.393. The number of methoxy groups -OCH3 is 2. The van der Waals surface area contributed by atoms with Crippen molar-refractivity contribution >= 4 is 28.4 Å². The van der Waals surface area contributed by atoms with Crippen LogP contribution in [0.4, 0.5) is 5.82 Å². The van der Waals surface area contributed by atoms with Crippen molar-refractivity contribution in [2.24, 2.45) is 0 Å². The van der Waals surface area contributed by atoms with Crippen LogP contribution in [0.2, 0.25) is 0 Å². The minimum Gasteiger partial charge on any atom is -0.497 e. The molecule has 1 aromatic heterocycles. The number of aromatic nitrogens is 2. The first-order valence-electron chi connectivity index (χ1n) is 5.75. The molecule has 19 heavy (non-hydrogen) atoms. The van der Waals surface area contributed by atoms with Gasteiger partial charge in [0.1, 0.15) is 17.3 Å². The van der Waals surface area contributed by atoms with E-state index >= 15 is 0 Å². The van der Waals surface area contributed by atoms with Crippen molar-refractivity contribution in [1.82, 2.24) is 9.78 Å². The van der Waals surface area contributed by atoms with Crippen molar-refractivity contribution in [2.45, 2.75) is 13.5 Å². The molecule has 0 aliphatic carbocycles. The number of benzene rings is 1.